The molecule has 1 aromatic heterocycles. The van der Waals surface area contributed by atoms with Gasteiger partial charge in [-0.15, -0.1) is 0 Å². The summed E-state index contributed by atoms with van der Waals surface area (Å²) in [5.74, 6) is 0.807. The summed E-state index contributed by atoms with van der Waals surface area (Å²) >= 11 is 0. The number of aromatic nitrogens is 2. The minimum absolute atomic E-state index is 0.0146. The average molecular weight is 282 g/mol. The molecule has 1 heterocycles. The number of phenolic OH excluding ortho intramolecular Hbond substituents is 3. The Morgan fingerprint density at radius 2 is 1.43 bits per heavy atom. The predicted octanol–water partition coefficient (Wildman–Crippen LogP) is 2.87. The van der Waals surface area contributed by atoms with Crippen molar-refractivity contribution in [2.24, 2.45) is 7.05 Å². The number of phenols is 3. The molecular formula is C16H14N2O3. The number of aromatic hydroxyl groups is 3. The summed E-state index contributed by atoms with van der Waals surface area (Å²) in [5, 5.41) is 28.5. The molecule has 0 aliphatic rings. The van der Waals surface area contributed by atoms with Crippen LogP contribution in [-0.2, 0) is 7.05 Å². The monoisotopic (exact) mass is 282 g/mol. The molecule has 3 N–H and O–H groups in total. The van der Waals surface area contributed by atoms with Crippen LogP contribution in [0.25, 0.3) is 22.6 Å². The minimum atomic E-state index is -0.0146. The fourth-order valence-electron chi connectivity index (χ4n) is 2.30. The second kappa shape index (κ2) is 4.86. The Morgan fingerprint density at radius 1 is 0.810 bits per heavy atom. The molecular weight excluding hydrogens is 268 g/mol. The minimum Gasteiger partial charge on any atom is -0.508 e. The molecule has 0 amide bonds. The van der Waals surface area contributed by atoms with E-state index in [1.807, 2.05) is 11.6 Å². The van der Waals surface area contributed by atoms with E-state index in [1.165, 1.54) is 6.07 Å². The van der Waals surface area contributed by atoms with Crippen molar-refractivity contribution in [3.63, 3.8) is 0 Å². The lowest BCUT2D eigenvalue weighted by Crippen LogP contribution is -1.95. The van der Waals surface area contributed by atoms with Crippen molar-refractivity contribution in [3.05, 3.63) is 48.7 Å². The Morgan fingerprint density at radius 3 is 2.05 bits per heavy atom. The van der Waals surface area contributed by atoms with Gasteiger partial charge >= 0.3 is 0 Å². The molecule has 5 heteroatoms. The van der Waals surface area contributed by atoms with Gasteiger partial charge in [0.25, 0.3) is 0 Å². The van der Waals surface area contributed by atoms with Crippen LogP contribution in [0.5, 0.6) is 17.2 Å². The van der Waals surface area contributed by atoms with Crippen molar-refractivity contribution in [2.45, 2.75) is 0 Å². The van der Waals surface area contributed by atoms with Crippen LogP contribution < -0.4 is 0 Å². The van der Waals surface area contributed by atoms with Gasteiger partial charge < -0.3 is 19.9 Å². The zero-order valence-electron chi connectivity index (χ0n) is 11.4. The molecule has 0 unspecified atom stereocenters. The molecule has 0 aliphatic heterocycles. The molecule has 0 saturated carbocycles. The Labute approximate surface area is 121 Å². The number of rotatable bonds is 2. The highest BCUT2D eigenvalue weighted by atomic mass is 16.3. The van der Waals surface area contributed by atoms with Gasteiger partial charge in [0.1, 0.15) is 23.1 Å². The molecule has 2 aromatic carbocycles. The van der Waals surface area contributed by atoms with Crippen LogP contribution in [-0.4, -0.2) is 24.9 Å². The van der Waals surface area contributed by atoms with E-state index in [0.29, 0.717) is 11.4 Å². The molecule has 21 heavy (non-hydrogen) atoms. The van der Waals surface area contributed by atoms with E-state index < -0.39 is 0 Å². The summed E-state index contributed by atoms with van der Waals surface area (Å²) in [4.78, 5) is 4.35. The van der Waals surface area contributed by atoms with Crippen LogP contribution >= 0.6 is 0 Å². The Kier molecular flexibility index (Phi) is 3.02. The molecule has 0 saturated heterocycles. The first-order chi connectivity index (χ1) is 10.0. The van der Waals surface area contributed by atoms with Crippen molar-refractivity contribution >= 4 is 0 Å². The number of imidazole rings is 1. The van der Waals surface area contributed by atoms with E-state index in [1.54, 1.807) is 42.6 Å². The second-order valence-corrected chi connectivity index (χ2v) is 4.81. The first-order valence-electron chi connectivity index (χ1n) is 6.39. The van der Waals surface area contributed by atoms with Gasteiger partial charge in [-0.25, -0.2) is 4.98 Å². The fourth-order valence-corrected chi connectivity index (χ4v) is 2.30. The van der Waals surface area contributed by atoms with Gasteiger partial charge in [0, 0.05) is 24.2 Å². The zero-order chi connectivity index (χ0) is 15.0. The summed E-state index contributed by atoms with van der Waals surface area (Å²) in [6.07, 6.45) is 1.71. The van der Waals surface area contributed by atoms with E-state index in [9.17, 15) is 15.3 Å². The Bertz CT molecular complexity index is 772. The van der Waals surface area contributed by atoms with E-state index in [0.717, 1.165) is 11.3 Å². The molecule has 106 valence electrons. The summed E-state index contributed by atoms with van der Waals surface area (Å²) < 4.78 is 1.86. The number of benzene rings is 2. The van der Waals surface area contributed by atoms with Gasteiger partial charge in [-0.3, -0.25) is 0 Å². The smallest absolute Gasteiger partial charge is 0.140 e. The van der Waals surface area contributed by atoms with E-state index >= 15 is 0 Å². The summed E-state index contributed by atoms with van der Waals surface area (Å²) in [6, 6.07) is 11.2. The van der Waals surface area contributed by atoms with Gasteiger partial charge in [-0.1, -0.05) is 0 Å². The maximum Gasteiger partial charge on any atom is 0.140 e. The Hall–Kier alpha value is -2.95. The van der Waals surface area contributed by atoms with Gasteiger partial charge in [-0.05, 0) is 36.4 Å². The molecule has 0 bridgehead atoms. The molecule has 3 rings (SSSR count). The van der Waals surface area contributed by atoms with Crippen LogP contribution in [0.3, 0.4) is 0 Å². The van der Waals surface area contributed by atoms with Crippen LogP contribution in [0.4, 0.5) is 0 Å². The van der Waals surface area contributed by atoms with Crippen molar-refractivity contribution in [3.8, 4) is 39.9 Å². The Balaban J connectivity index is 2.08. The highest BCUT2D eigenvalue weighted by Crippen LogP contribution is 2.30. The standard InChI is InChI=1S/C16H14N2O3/c1-18-15(10-2-4-12(19)5-3-10)9-17-16(18)11-6-13(20)8-14(21)7-11/h2-9,19-21H,1H3. The lowest BCUT2D eigenvalue weighted by molar-refractivity contribution is 0.451. The lowest BCUT2D eigenvalue weighted by Gasteiger charge is -2.07. The lowest BCUT2D eigenvalue weighted by atomic mass is 10.1. The fraction of sp³-hybridized carbons (Fsp3) is 0.0625. The first-order valence-corrected chi connectivity index (χ1v) is 6.39. The SMILES string of the molecule is Cn1c(-c2ccc(O)cc2)cnc1-c1cc(O)cc(O)c1. The van der Waals surface area contributed by atoms with Gasteiger partial charge in [0.15, 0.2) is 0 Å². The van der Waals surface area contributed by atoms with E-state index in [4.69, 9.17) is 0 Å². The predicted molar refractivity (Wildman–Crippen MR) is 79.1 cm³/mol. The van der Waals surface area contributed by atoms with Crippen LogP contribution in [0.15, 0.2) is 48.7 Å². The summed E-state index contributed by atoms with van der Waals surface area (Å²) in [6.45, 7) is 0. The molecule has 0 aliphatic carbocycles. The second-order valence-electron chi connectivity index (χ2n) is 4.81. The molecule has 0 radical (unpaired) electrons. The maximum atomic E-state index is 9.58. The van der Waals surface area contributed by atoms with Crippen LogP contribution in [0.2, 0.25) is 0 Å². The molecule has 5 nitrogen and oxygen atoms in total. The van der Waals surface area contributed by atoms with Crippen molar-refractivity contribution in [2.75, 3.05) is 0 Å². The highest BCUT2D eigenvalue weighted by molar-refractivity contribution is 5.67. The normalized spacial score (nSPS) is 10.7. The van der Waals surface area contributed by atoms with Crippen molar-refractivity contribution in [1.29, 1.82) is 0 Å². The molecule has 3 aromatic rings. The topological polar surface area (TPSA) is 78.5 Å². The maximum absolute atomic E-state index is 9.58. The molecule has 0 atom stereocenters. The van der Waals surface area contributed by atoms with Gasteiger partial charge in [-0.2, -0.15) is 0 Å². The van der Waals surface area contributed by atoms with Crippen LogP contribution in [0.1, 0.15) is 0 Å². The molecule has 0 fully saturated rings. The summed E-state index contributed by atoms with van der Waals surface area (Å²) in [7, 11) is 1.85. The van der Waals surface area contributed by atoms with Gasteiger partial charge in [0.05, 0.1) is 11.9 Å². The number of hydrogen-bond acceptors (Lipinski definition) is 4. The van der Waals surface area contributed by atoms with E-state index in [2.05, 4.69) is 4.98 Å². The third-order valence-electron chi connectivity index (χ3n) is 3.31. The van der Waals surface area contributed by atoms with Crippen molar-refractivity contribution in [1.82, 2.24) is 9.55 Å². The summed E-state index contributed by atoms with van der Waals surface area (Å²) in [5.41, 5.74) is 2.41. The first kappa shape index (κ1) is 13.1. The largest absolute Gasteiger partial charge is 0.508 e. The third-order valence-corrected chi connectivity index (χ3v) is 3.31. The highest BCUT2D eigenvalue weighted by Gasteiger charge is 2.12. The van der Waals surface area contributed by atoms with Crippen LogP contribution in [0, 0.1) is 0 Å². The number of hydrogen-bond donors (Lipinski definition) is 3. The number of nitrogens with zero attached hydrogens (tertiary/aromatic N) is 2. The molecule has 0 spiro atoms. The van der Waals surface area contributed by atoms with E-state index in [-0.39, 0.29) is 17.2 Å². The average Bonchev–Trinajstić information content (AvgIpc) is 2.80. The van der Waals surface area contributed by atoms with Crippen molar-refractivity contribution < 1.29 is 15.3 Å². The third kappa shape index (κ3) is 2.41. The zero-order valence-corrected chi connectivity index (χ0v) is 11.4. The quantitative estimate of drug-likeness (QED) is 0.675. The van der Waals surface area contributed by atoms with Gasteiger partial charge in [0.2, 0.25) is 0 Å².